The van der Waals surface area contributed by atoms with E-state index in [0.29, 0.717) is 18.4 Å². The highest BCUT2D eigenvalue weighted by Gasteiger charge is 2.30. The summed E-state index contributed by atoms with van der Waals surface area (Å²) in [5.41, 5.74) is 0.686. The molecule has 1 aromatic rings. The summed E-state index contributed by atoms with van der Waals surface area (Å²) < 4.78 is 51.4. The van der Waals surface area contributed by atoms with Crippen molar-refractivity contribution in [1.82, 2.24) is 4.72 Å². The SMILES string of the molecule is CC(C)NS(=O)(=O)c1cccc(CC(=O)C2CCC(CS(=O)(=O)C(C)C)CC2)c1. The maximum absolute atomic E-state index is 12.7. The van der Waals surface area contributed by atoms with Crippen LogP contribution in [-0.2, 0) is 31.1 Å². The molecule has 1 N–H and O–H groups in total. The summed E-state index contributed by atoms with van der Waals surface area (Å²) in [5.74, 6) is 0.347. The predicted octanol–water partition coefficient (Wildman–Crippen LogP) is 3.11. The molecule has 0 heterocycles. The third-order valence-electron chi connectivity index (χ3n) is 5.47. The fraction of sp³-hybridized carbons (Fsp3) is 0.667. The summed E-state index contributed by atoms with van der Waals surface area (Å²) in [7, 11) is -6.65. The molecular weight excluding hydrogens is 410 g/mol. The van der Waals surface area contributed by atoms with Crippen LogP contribution in [-0.4, -0.2) is 39.7 Å². The van der Waals surface area contributed by atoms with E-state index in [0.717, 1.165) is 12.8 Å². The molecule has 2 rings (SSSR count). The van der Waals surface area contributed by atoms with Crippen LogP contribution in [0.25, 0.3) is 0 Å². The van der Waals surface area contributed by atoms with Crippen molar-refractivity contribution >= 4 is 25.6 Å². The molecule has 1 aromatic carbocycles. The van der Waals surface area contributed by atoms with Crippen molar-refractivity contribution in [3.05, 3.63) is 29.8 Å². The Labute approximate surface area is 175 Å². The molecule has 29 heavy (non-hydrogen) atoms. The molecule has 8 heteroatoms. The second-order valence-corrected chi connectivity index (χ2v) is 13.0. The summed E-state index contributed by atoms with van der Waals surface area (Å²) in [6, 6.07) is 6.31. The summed E-state index contributed by atoms with van der Waals surface area (Å²) in [6.45, 7) is 6.92. The molecule has 1 aliphatic carbocycles. The largest absolute Gasteiger partial charge is 0.299 e. The lowest BCUT2D eigenvalue weighted by molar-refractivity contribution is -0.123. The van der Waals surface area contributed by atoms with Crippen molar-refractivity contribution in [3.8, 4) is 0 Å². The van der Waals surface area contributed by atoms with E-state index >= 15 is 0 Å². The third-order valence-corrected chi connectivity index (χ3v) is 9.50. The molecule has 0 radical (unpaired) electrons. The Bertz CT molecular complexity index is 912. The van der Waals surface area contributed by atoms with Gasteiger partial charge in [0.25, 0.3) is 0 Å². The van der Waals surface area contributed by atoms with Gasteiger partial charge in [-0.1, -0.05) is 12.1 Å². The minimum absolute atomic E-state index is 0.0814. The molecule has 1 saturated carbocycles. The van der Waals surface area contributed by atoms with Gasteiger partial charge in [0.05, 0.1) is 15.9 Å². The topological polar surface area (TPSA) is 97.4 Å². The van der Waals surface area contributed by atoms with Gasteiger partial charge in [-0.3, -0.25) is 4.79 Å². The van der Waals surface area contributed by atoms with Crippen LogP contribution >= 0.6 is 0 Å². The highest BCUT2D eigenvalue weighted by Crippen LogP contribution is 2.31. The molecule has 6 nitrogen and oxygen atoms in total. The number of sulfone groups is 1. The zero-order valence-corrected chi connectivity index (χ0v) is 19.4. The Morgan fingerprint density at radius 3 is 2.21 bits per heavy atom. The zero-order chi connectivity index (χ0) is 21.8. The number of sulfonamides is 1. The van der Waals surface area contributed by atoms with Crippen molar-refractivity contribution in [2.75, 3.05) is 5.75 Å². The lowest BCUT2D eigenvalue weighted by atomic mass is 9.79. The van der Waals surface area contributed by atoms with E-state index in [1.807, 2.05) is 0 Å². The molecule has 1 aliphatic rings. The quantitative estimate of drug-likeness (QED) is 0.632. The monoisotopic (exact) mass is 443 g/mol. The lowest BCUT2D eigenvalue weighted by Gasteiger charge is -2.28. The second kappa shape index (κ2) is 9.71. The second-order valence-electron chi connectivity index (χ2n) is 8.66. The first kappa shape index (κ1) is 24.0. The van der Waals surface area contributed by atoms with Crippen LogP contribution < -0.4 is 4.72 Å². The fourth-order valence-corrected chi connectivity index (χ4v) is 6.41. The molecular formula is C21H33NO5S2. The number of Topliss-reactive ketones (excluding diaryl/α,β-unsaturated/α-hetero) is 1. The molecule has 0 atom stereocenters. The Morgan fingerprint density at radius 1 is 1.03 bits per heavy atom. The van der Waals surface area contributed by atoms with Gasteiger partial charge < -0.3 is 0 Å². The molecule has 0 amide bonds. The maximum Gasteiger partial charge on any atom is 0.240 e. The average Bonchev–Trinajstić information content (AvgIpc) is 2.61. The minimum Gasteiger partial charge on any atom is -0.299 e. The van der Waals surface area contributed by atoms with E-state index in [1.54, 1.807) is 45.9 Å². The molecule has 0 aromatic heterocycles. The molecule has 0 unspecified atom stereocenters. The van der Waals surface area contributed by atoms with Gasteiger partial charge in [-0.15, -0.1) is 0 Å². The Hall–Kier alpha value is -1.25. The van der Waals surface area contributed by atoms with Crippen LogP contribution in [0.15, 0.2) is 29.2 Å². The zero-order valence-electron chi connectivity index (χ0n) is 17.7. The molecule has 0 spiro atoms. The molecule has 0 saturated heterocycles. The number of benzene rings is 1. The third kappa shape index (κ3) is 6.89. The molecule has 0 bridgehead atoms. The van der Waals surface area contributed by atoms with Crippen molar-refractivity contribution in [3.63, 3.8) is 0 Å². The number of rotatable bonds is 9. The number of carbonyl (C=O) groups excluding carboxylic acids is 1. The standard InChI is InChI=1S/C21H33NO5S2/c1-15(2)22-29(26,27)20-7-5-6-18(12-20)13-21(23)19-10-8-17(9-11-19)14-28(24,25)16(3)4/h5-7,12,15-17,19,22H,8-11,13-14H2,1-4H3. The van der Waals surface area contributed by atoms with Crippen LogP contribution in [0.3, 0.4) is 0 Å². The first-order valence-corrected chi connectivity index (χ1v) is 13.5. The van der Waals surface area contributed by atoms with E-state index in [1.165, 1.54) is 6.07 Å². The minimum atomic E-state index is -3.59. The van der Waals surface area contributed by atoms with E-state index < -0.39 is 19.9 Å². The fourth-order valence-electron chi connectivity index (χ4n) is 3.72. The van der Waals surface area contributed by atoms with Crippen molar-refractivity contribution in [1.29, 1.82) is 0 Å². The van der Waals surface area contributed by atoms with Crippen LogP contribution in [0.1, 0.15) is 58.9 Å². The lowest BCUT2D eigenvalue weighted by Crippen LogP contribution is -2.30. The van der Waals surface area contributed by atoms with E-state index in [4.69, 9.17) is 0 Å². The number of ketones is 1. The summed E-state index contributed by atoms with van der Waals surface area (Å²) in [4.78, 5) is 12.9. The molecule has 1 fully saturated rings. The normalized spacial score (nSPS) is 20.9. The van der Waals surface area contributed by atoms with Gasteiger partial charge in [0, 0.05) is 18.4 Å². The number of hydrogen-bond acceptors (Lipinski definition) is 5. The van der Waals surface area contributed by atoms with Gasteiger partial charge in [0.1, 0.15) is 5.78 Å². The first-order chi connectivity index (χ1) is 13.4. The van der Waals surface area contributed by atoms with Gasteiger partial charge >= 0.3 is 0 Å². The Balaban J connectivity index is 1.96. The van der Waals surface area contributed by atoms with Crippen LogP contribution in [0.4, 0.5) is 0 Å². The smallest absolute Gasteiger partial charge is 0.240 e. The van der Waals surface area contributed by atoms with E-state index in [9.17, 15) is 21.6 Å². The van der Waals surface area contributed by atoms with E-state index in [-0.39, 0.29) is 46.0 Å². The van der Waals surface area contributed by atoms with Gasteiger partial charge in [-0.25, -0.2) is 21.6 Å². The van der Waals surface area contributed by atoms with Crippen molar-refractivity contribution < 1.29 is 21.6 Å². The van der Waals surface area contributed by atoms with Crippen molar-refractivity contribution in [2.24, 2.45) is 11.8 Å². The van der Waals surface area contributed by atoms with Crippen LogP contribution in [0.5, 0.6) is 0 Å². The summed E-state index contributed by atoms with van der Waals surface area (Å²) in [5, 5.41) is -0.365. The highest BCUT2D eigenvalue weighted by molar-refractivity contribution is 7.92. The van der Waals surface area contributed by atoms with Crippen LogP contribution in [0, 0.1) is 11.8 Å². The van der Waals surface area contributed by atoms with Gasteiger partial charge in [0.15, 0.2) is 9.84 Å². The predicted molar refractivity (Wildman–Crippen MR) is 115 cm³/mol. The van der Waals surface area contributed by atoms with Gasteiger partial charge in [0.2, 0.25) is 10.0 Å². The Kier molecular flexibility index (Phi) is 8.04. The summed E-state index contributed by atoms with van der Waals surface area (Å²) in [6.07, 6.45) is 3.09. The number of nitrogens with one attached hydrogen (secondary N) is 1. The van der Waals surface area contributed by atoms with E-state index in [2.05, 4.69) is 4.72 Å². The van der Waals surface area contributed by atoms with Crippen LogP contribution in [0.2, 0.25) is 0 Å². The summed E-state index contributed by atoms with van der Waals surface area (Å²) >= 11 is 0. The first-order valence-electron chi connectivity index (χ1n) is 10.3. The highest BCUT2D eigenvalue weighted by atomic mass is 32.2. The molecule has 0 aliphatic heterocycles. The number of hydrogen-bond donors (Lipinski definition) is 1. The maximum atomic E-state index is 12.7. The molecule has 164 valence electrons. The number of carbonyl (C=O) groups is 1. The average molecular weight is 444 g/mol. The van der Waals surface area contributed by atoms with Gasteiger partial charge in [-0.05, 0) is 77.0 Å². The van der Waals surface area contributed by atoms with Crippen molar-refractivity contribution in [2.45, 2.75) is 76.0 Å². The Morgan fingerprint density at radius 2 is 1.66 bits per heavy atom. The van der Waals surface area contributed by atoms with Gasteiger partial charge in [-0.2, -0.15) is 0 Å².